The van der Waals surface area contributed by atoms with Gasteiger partial charge in [-0.2, -0.15) is 9.29 Å². The number of hydrogen-bond donors (Lipinski definition) is 1. The molecule has 0 unspecified atom stereocenters. The molecule has 180 valence electrons. The molecule has 1 aromatic heterocycles. The Hall–Kier alpha value is -3.24. The first-order valence-electron chi connectivity index (χ1n) is 11.1. The average molecular weight is 485 g/mol. The monoisotopic (exact) mass is 484 g/mol. The summed E-state index contributed by atoms with van der Waals surface area (Å²) in [4.78, 5) is 16.7. The summed E-state index contributed by atoms with van der Waals surface area (Å²) in [7, 11) is -3.56. The largest absolute Gasteiger partial charge is 0.484 e. The second kappa shape index (κ2) is 9.94. The summed E-state index contributed by atoms with van der Waals surface area (Å²) in [6.45, 7) is 6.72. The molecule has 1 amide bonds. The van der Waals surface area contributed by atoms with E-state index in [0.29, 0.717) is 48.1 Å². The number of hydrogen-bond acceptors (Lipinski definition) is 7. The van der Waals surface area contributed by atoms with Crippen LogP contribution in [0, 0.1) is 18.8 Å². The smallest absolute Gasteiger partial charge is 0.262 e. The van der Waals surface area contributed by atoms with Crippen LogP contribution < -0.4 is 10.1 Å². The van der Waals surface area contributed by atoms with E-state index in [9.17, 15) is 13.2 Å². The number of nitrogens with zero attached hydrogens (tertiary/aromatic N) is 3. The van der Waals surface area contributed by atoms with Gasteiger partial charge in [-0.25, -0.2) is 8.42 Å². The lowest BCUT2D eigenvalue weighted by Crippen LogP contribution is -2.42. The molecule has 0 bridgehead atoms. The zero-order chi connectivity index (χ0) is 24.3. The Kier molecular flexibility index (Phi) is 6.99. The van der Waals surface area contributed by atoms with E-state index in [2.05, 4.69) is 29.3 Å². The molecule has 0 radical (unpaired) electrons. The van der Waals surface area contributed by atoms with Crippen LogP contribution in [0.5, 0.6) is 5.75 Å². The van der Waals surface area contributed by atoms with Crippen molar-refractivity contribution in [2.45, 2.75) is 32.1 Å². The van der Waals surface area contributed by atoms with Crippen LogP contribution in [-0.2, 0) is 14.8 Å². The number of carbonyl (C=O) groups excluding carboxylic acids is 1. The standard InChI is InChI=1S/C24H28N4O5S/c1-16-12-17(2)14-28(13-16)34(30,31)22-10-6-20(7-11-22)26-23(29)15-32-21-8-4-19(5-9-21)24-25-18(3)33-27-24/h4-11,16-17H,12-15H2,1-3H3,(H,26,29)/t16-,17+. The van der Waals surface area contributed by atoms with E-state index >= 15 is 0 Å². The maximum absolute atomic E-state index is 13.0. The molecule has 3 aromatic rings. The highest BCUT2D eigenvalue weighted by atomic mass is 32.2. The van der Waals surface area contributed by atoms with E-state index in [-0.39, 0.29) is 17.4 Å². The second-order valence-electron chi connectivity index (χ2n) is 8.79. The Bertz CT molecular complexity index is 1230. The van der Waals surface area contributed by atoms with E-state index < -0.39 is 10.0 Å². The SMILES string of the molecule is Cc1nc(-c2ccc(OCC(=O)Nc3ccc(S(=O)(=O)N4C[C@H](C)C[C@H](C)C4)cc3)cc2)no1. The van der Waals surface area contributed by atoms with Gasteiger partial charge >= 0.3 is 0 Å². The Morgan fingerprint density at radius 1 is 1.09 bits per heavy atom. The zero-order valence-corrected chi connectivity index (χ0v) is 20.2. The van der Waals surface area contributed by atoms with Gasteiger partial charge < -0.3 is 14.6 Å². The number of aromatic nitrogens is 2. The number of amides is 1. The third-order valence-electron chi connectivity index (χ3n) is 5.62. The van der Waals surface area contributed by atoms with Gasteiger partial charge in [-0.1, -0.05) is 19.0 Å². The molecule has 2 aromatic carbocycles. The predicted octanol–water partition coefficient (Wildman–Crippen LogP) is 3.73. The summed E-state index contributed by atoms with van der Waals surface area (Å²) in [6, 6.07) is 13.2. The van der Waals surface area contributed by atoms with Crippen molar-refractivity contribution in [3.63, 3.8) is 0 Å². The minimum Gasteiger partial charge on any atom is -0.484 e. The normalized spacial score (nSPS) is 19.0. The van der Waals surface area contributed by atoms with E-state index in [0.717, 1.165) is 12.0 Å². The van der Waals surface area contributed by atoms with Gasteiger partial charge in [-0.05, 0) is 66.8 Å². The van der Waals surface area contributed by atoms with Crippen molar-refractivity contribution in [1.29, 1.82) is 0 Å². The molecule has 0 saturated carbocycles. The number of sulfonamides is 1. The Morgan fingerprint density at radius 2 is 1.74 bits per heavy atom. The average Bonchev–Trinajstić information content (AvgIpc) is 3.24. The molecule has 34 heavy (non-hydrogen) atoms. The van der Waals surface area contributed by atoms with Gasteiger partial charge in [-0.15, -0.1) is 0 Å². The Morgan fingerprint density at radius 3 is 2.32 bits per heavy atom. The van der Waals surface area contributed by atoms with Gasteiger partial charge in [0.1, 0.15) is 5.75 Å². The molecule has 9 nitrogen and oxygen atoms in total. The topological polar surface area (TPSA) is 115 Å². The summed E-state index contributed by atoms with van der Waals surface area (Å²) < 4.78 is 38.0. The van der Waals surface area contributed by atoms with Crippen LogP contribution in [-0.4, -0.2) is 48.5 Å². The fourth-order valence-electron chi connectivity index (χ4n) is 4.12. The summed E-state index contributed by atoms with van der Waals surface area (Å²) in [5.74, 6) is 1.79. The molecule has 1 aliphatic heterocycles. The maximum Gasteiger partial charge on any atom is 0.262 e. The first kappa shape index (κ1) is 23.9. The van der Waals surface area contributed by atoms with Crippen molar-refractivity contribution in [2.24, 2.45) is 11.8 Å². The number of rotatable bonds is 7. The zero-order valence-electron chi connectivity index (χ0n) is 19.4. The van der Waals surface area contributed by atoms with Crippen molar-refractivity contribution in [3.05, 3.63) is 54.4 Å². The van der Waals surface area contributed by atoms with Crippen molar-refractivity contribution in [1.82, 2.24) is 14.4 Å². The fraction of sp³-hybridized carbons (Fsp3) is 0.375. The highest BCUT2D eigenvalue weighted by Gasteiger charge is 2.31. The van der Waals surface area contributed by atoms with Crippen molar-refractivity contribution >= 4 is 21.6 Å². The third kappa shape index (κ3) is 5.63. The van der Waals surface area contributed by atoms with E-state index in [1.54, 1.807) is 47.6 Å². The highest BCUT2D eigenvalue weighted by molar-refractivity contribution is 7.89. The summed E-state index contributed by atoms with van der Waals surface area (Å²) in [5.41, 5.74) is 1.27. The van der Waals surface area contributed by atoms with Gasteiger partial charge in [0.05, 0.1) is 4.90 Å². The lowest BCUT2D eigenvalue weighted by molar-refractivity contribution is -0.118. The third-order valence-corrected chi connectivity index (χ3v) is 7.47. The van der Waals surface area contributed by atoms with Crippen molar-refractivity contribution in [3.8, 4) is 17.1 Å². The number of carbonyl (C=O) groups is 1. The van der Waals surface area contributed by atoms with Crippen molar-refractivity contribution < 1.29 is 22.5 Å². The van der Waals surface area contributed by atoms with Crippen LogP contribution in [0.2, 0.25) is 0 Å². The summed E-state index contributed by atoms with van der Waals surface area (Å²) in [5, 5.41) is 6.58. The minimum atomic E-state index is -3.56. The van der Waals surface area contributed by atoms with Crippen LogP contribution in [0.4, 0.5) is 5.69 Å². The number of anilines is 1. The van der Waals surface area contributed by atoms with Gasteiger partial charge in [0.15, 0.2) is 6.61 Å². The van der Waals surface area contributed by atoms with Gasteiger partial charge in [0.2, 0.25) is 21.7 Å². The van der Waals surface area contributed by atoms with Gasteiger partial charge in [0, 0.05) is 31.3 Å². The highest BCUT2D eigenvalue weighted by Crippen LogP contribution is 2.27. The summed E-state index contributed by atoms with van der Waals surface area (Å²) in [6.07, 6.45) is 1.03. The van der Waals surface area contributed by atoms with E-state index in [4.69, 9.17) is 9.26 Å². The molecule has 10 heteroatoms. The molecular weight excluding hydrogens is 456 g/mol. The lowest BCUT2D eigenvalue weighted by Gasteiger charge is -2.34. The number of piperidine rings is 1. The van der Waals surface area contributed by atoms with Crippen LogP contribution in [0.3, 0.4) is 0 Å². The molecule has 2 atom stereocenters. The lowest BCUT2D eigenvalue weighted by atomic mass is 9.94. The van der Waals surface area contributed by atoms with Crippen LogP contribution in [0.1, 0.15) is 26.2 Å². The molecule has 1 fully saturated rings. The van der Waals surface area contributed by atoms with Crippen LogP contribution in [0.25, 0.3) is 11.4 Å². The number of nitrogens with one attached hydrogen (secondary N) is 1. The van der Waals surface area contributed by atoms with Crippen LogP contribution >= 0.6 is 0 Å². The quantitative estimate of drug-likeness (QED) is 0.543. The second-order valence-corrected chi connectivity index (χ2v) is 10.7. The van der Waals surface area contributed by atoms with Crippen molar-refractivity contribution in [2.75, 3.05) is 25.0 Å². The Balaban J connectivity index is 1.31. The van der Waals surface area contributed by atoms with E-state index in [1.807, 2.05) is 0 Å². The molecular formula is C24H28N4O5S. The number of aryl methyl sites for hydroxylation is 1. The predicted molar refractivity (Wildman–Crippen MR) is 127 cm³/mol. The Labute approximate surface area is 199 Å². The molecule has 0 spiro atoms. The molecule has 1 aliphatic rings. The molecule has 0 aliphatic carbocycles. The van der Waals surface area contributed by atoms with Gasteiger partial charge in [0.25, 0.3) is 5.91 Å². The van der Waals surface area contributed by atoms with Gasteiger partial charge in [-0.3, -0.25) is 4.79 Å². The first-order valence-corrected chi connectivity index (χ1v) is 12.6. The molecule has 1 N–H and O–H groups in total. The van der Waals surface area contributed by atoms with E-state index in [1.165, 1.54) is 12.1 Å². The fourth-order valence-corrected chi connectivity index (χ4v) is 5.80. The first-order chi connectivity index (χ1) is 16.2. The molecule has 1 saturated heterocycles. The molecule has 2 heterocycles. The summed E-state index contributed by atoms with van der Waals surface area (Å²) >= 11 is 0. The number of benzene rings is 2. The maximum atomic E-state index is 13.0. The van der Waals surface area contributed by atoms with Crippen LogP contribution in [0.15, 0.2) is 57.9 Å². The molecule has 4 rings (SSSR count). The number of ether oxygens (including phenoxy) is 1. The minimum absolute atomic E-state index is 0.190.